The molecule has 0 heterocycles. The van der Waals surface area contributed by atoms with Crippen molar-refractivity contribution in [3.63, 3.8) is 0 Å². The van der Waals surface area contributed by atoms with E-state index in [4.69, 9.17) is 17.3 Å². The van der Waals surface area contributed by atoms with Gasteiger partial charge in [-0.3, -0.25) is 14.4 Å². The average molecular weight is 476 g/mol. The van der Waals surface area contributed by atoms with E-state index in [1.165, 1.54) is 12.1 Å². The summed E-state index contributed by atoms with van der Waals surface area (Å²) in [6, 6.07) is 10.2. The van der Waals surface area contributed by atoms with Crippen LogP contribution in [-0.4, -0.2) is 52.2 Å². The summed E-state index contributed by atoms with van der Waals surface area (Å²) in [5.41, 5.74) is 6.32. The molecule has 0 saturated heterocycles. The molecule has 0 bridgehead atoms. The number of halogens is 2. The summed E-state index contributed by atoms with van der Waals surface area (Å²) in [5.74, 6) is -2.78. The van der Waals surface area contributed by atoms with Crippen molar-refractivity contribution in [1.29, 1.82) is 0 Å². The van der Waals surface area contributed by atoms with Crippen molar-refractivity contribution < 1.29 is 29.0 Å². The van der Waals surface area contributed by atoms with Crippen LogP contribution in [0.2, 0.25) is 5.02 Å². The number of aliphatic hydroxyl groups is 2. The number of hydrogen-bond donors (Lipinski definition) is 5. The van der Waals surface area contributed by atoms with Gasteiger partial charge in [0.2, 0.25) is 11.8 Å². The van der Waals surface area contributed by atoms with Gasteiger partial charge in [0, 0.05) is 24.0 Å². The van der Waals surface area contributed by atoms with Crippen LogP contribution in [0.15, 0.2) is 60.2 Å². The van der Waals surface area contributed by atoms with E-state index in [0.717, 1.165) is 17.7 Å². The largest absolute Gasteiger partial charge is 0.390 e. The van der Waals surface area contributed by atoms with Gasteiger partial charge in [-0.2, -0.15) is 0 Å². The highest BCUT2D eigenvalue weighted by atomic mass is 35.5. The summed E-state index contributed by atoms with van der Waals surface area (Å²) < 4.78 is 13.3. The van der Waals surface area contributed by atoms with Gasteiger partial charge in [-0.25, -0.2) is 4.39 Å². The maximum Gasteiger partial charge on any atom is 0.251 e. The molecule has 10 heteroatoms. The van der Waals surface area contributed by atoms with Crippen LogP contribution < -0.4 is 16.4 Å². The molecule has 1 aliphatic rings. The third kappa shape index (κ3) is 6.16. The van der Waals surface area contributed by atoms with Crippen molar-refractivity contribution in [2.45, 2.75) is 37.1 Å². The lowest BCUT2D eigenvalue weighted by Crippen LogP contribution is -2.52. The molecular weight excluding hydrogens is 453 g/mol. The van der Waals surface area contributed by atoms with Crippen molar-refractivity contribution in [3.05, 3.63) is 82.1 Å². The standard InChI is InChI=1S/C23H23ClFN3O5/c24-15-9-13(6-7-16(15)25)22(32)27-17-10-14(11-19(29)20(17)30)23(33)28-18(21(26)31)8-12-4-2-1-3-5-12/h1-7,9-10,17-20,29-30H,8,11H2,(H2,26,31)(H,27,32)(H,28,33)/t17-,18-,19-,20-/m1/s1. The second kappa shape index (κ2) is 10.6. The zero-order valence-electron chi connectivity index (χ0n) is 17.4. The highest BCUT2D eigenvalue weighted by molar-refractivity contribution is 6.31. The van der Waals surface area contributed by atoms with Crippen LogP contribution in [0.3, 0.4) is 0 Å². The summed E-state index contributed by atoms with van der Waals surface area (Å²) >= 11 is 5.70. The monoisotopic (exact) mass is 475 g/mol. The summed E-state index contributed by atoms with van der Waals surface area (Å²) in [4.78, 5) is 37.1. The molecule has 6 N–H and O–H groups in total. The minimum Gasteiger partial charge on any atom is -0.390 e. The van der Waals surface area contributed by atoms with Crippen LogP contribution in [-0.2, 0) is 16.0 Å². The van der Waals surface area contributed by atoms with E-state index in [0.29, 0.717) is 0 Å². The lowest BCUT2D eigenvalue weighted by molar-refractivity contribution is -0.125. The van der Waals surface area contributed by atoms with Crippen LogP contribution >= 0.6 is 11.6 Å². The number of benzene rings is 2. The maximum absolute atomic E-state index is 13.3. The first-order chi connectivity index (χ1) is 15.7. The fraction of sp³-hybridized carbons (Fsp3) is 0.261. The van der Waals surface area contributed by atoms with Crippen molar-refractivity contribution in [2.75, 3.05) is 0 Å². The summed E-state index contributed by atoms with van der Waals surface area (Å²) in [6.07, 6.45) is -1.46. The zero-order chi connectivity index (χ0) is 24.1. The molecule has 3 rings (SSSR count). The van der Waals surface area contributed by atoms with E-state index in [2.05, 4.69) is 10.6 Å². The van der Waals surface area contributed by atoms with Crippen LogP contribution in [0.4, 0.5) is 4.39 Å². The summed E-state index contributed by atoms with van der Waals surface area (Å²) in [7, 11) is 0. The number of rotatable bonds is 7. The molecule has 8 nitrogen and oxygen atoms in total. The van der Waals surface area contributed by atoms with Gasteiger partial charge >= 0.3 is 0 Å². The molecule has 0 spiro atoms. The van der Waals surface area contributed by atoms with E-state index in [1.807, 2.05) is 6.07 Å². The van der Waals surface area contributed by atoms with E-state index in [1.54, 1.807) is 24.3 Å². The molecule has 0 unspecified atom stereocenters. The van der Waals surface area contributed by atoms with Gasteiger partial charge in [0.1, 0.15) is 18.0 Å². The fourth-order valence-electron chi connectivity index (χ4n) is 3.46. The molecule has 1 aliphatic carbocycles. The van der Waals surface area contributed by atoms with Gasteiger partial charge in [-0.05, 0) is 23.8 Å². The van der Waals surface area contributed by atoms with Crippen LogP contribution in [0.25, 0.3) is 0 Å². The molecule has 174 valence electrons. The smallest absolute Gasteiger partial charge is 0.251 e. The Morgan fingerprint density at radius 1 is 1.12 bits per heavy atom. The number of nitrogens with one attached hydrogen (secondary N) is 2. The van der Waals surface area contributed by atoms with E-state index in [9.17, 15) is 29.0 Å². The quantitative estimate of drug-likeness (QED) is 0.403. The number of carbonyl (C=O) groups is 3. The molecule has 3 amide bonds. The second-order valence-corrected chi connectivity index (χ2v) is 8.11. The predicted molar refractivity (Wildman–Crippen MR) is 119 cm³/mol. The number of amides is 3. The molecule has 0 saturated carbocycles. The Morgan fingerprint density at radius 3 is 2.45 bits per heavy atom. The van der Waals surface area contributed by atoms with Crippen LogP contribution in [0, 0.1) is 5.82 Å². The Labute approximate surface area is 194 Å². The Balaban J connectivity index is 1.74. The van der Waals surface area contributed by atoms with Crippen molar-refractivity contribution in [3.8, 4) is 0 Å². The van der Waals surface area contributed by atoms with Gasteiger partial charge in [0.25, 0.3) is 5.91 Å². The summed E-state index contributed by atoms with van der Waals surface area (Å²) in [5, 5.41) is 25.3. The molecule has 33 heavy (non-hydrogen) atoms. The number of primary amides is 1. The molecule has 2 aromatic rings. The Hall–Kier alpha value is -3.27. The Bertz CT molecular complexity index is 1080. The first-order valence-electron chi connectivity index (χ1n) is 10.1. The van der Waals surface area contributed by atoms with Crippen molar-refractivity contribution >= 4 is 29.3 Å². The van der Waals surface area contributed by atoms with E-state index >= 15 is 0 Å². The van der Waals surface area contributed by atoms with Crippen LogP contribution in [0.5, 0.6) is 0 Å². The van der Waals surface area contributed by atoms with Crippen molar-refractivity contribution in [2.24, 2.45) is 5.73 Å². The SMILES string of the molecule is NC(=O)[C@@H](Cc1ccccc1)NC(=O)C1=C[C@@H](NC(=O)c2ccc(F)c(Cl)c2)[C@@H](O)[C@H](O)C1. The van der Waals surface area contributed by atoms with Gasteiger partial charge in [0.05, 0.1) is 17.2 Å². The number of carbonyl (C=O) groups excluding carboxylic acids is 3. The van der Waals surface area contributed by atoms with E-state index < -0.39 is 47.8 Å². The van der Waals surface area contributed by atoms with Crippen molar-refractivity contribution in [1.82, 2.24) is 10.6 Å². The number of hydrogen-bond acceptors (Lipinski definition) is 5. The molecule has 2 aromatic carbocycles. The predicted octanol–water partition coefficient (Wildman–Crippen LogP) is 0.842. The third-order valence-electron chi connectivity index (χ3n) is 5.27. The topological polar surface area (TPSA) is 142 Å². The molecule has 0 radical (unpaired) electrons. The van der Waals surface area contributed by atoms with E-state index in [-0.39, 0.29) is 29.0 Å². The third-order valence-corrected chi connectivity index (χ3v) is 5.56. The minimum atomic E-state index is -1.39. The maximum atomic E-state index is 13.3. The van der Waals surface area contributed by atoms with Gasteiger partial charge in [-0.1, -0.05) is 48.0 Å². The highest BCUT2D eigenvalue weighted by Gasteiger charge is 2.34. The van der Waals surface area contributed by atoms with Gasteiger partial charge < -0.3 is 26.6 Å². The normalized spacial score (nSPS) is 21.0. The van der Waals surface area contributed by atoms with Crippen LogP contribution in [0.1, 0.15) is 22.3 Å². The Morgan fingerprint density at radius 2 is 1.82 bits per heavy atom. The van der Waals surface area contributed by atoms with Gasteiger partial charge in [0.15, 0.2) is 0 Å². The fourth-order valence-corrected chi connectivity index (χ4v) is 3.64. The number of aliphatic hydroxyl groups excluding tert-OH is 2. The number of nitrogens with two attached hydrogens (primary N) is 1. The average Bonchev–Trinajstić information content (AvgIpc) is 2.78. The Kier molecular flexibility index (Phi) is 7.80. The zero-order valence-corrected chi connectivity index (χ0v) is 18.1. The lowest BCUT2D eigenvalue weighted by Gasteiger charge is -2.31. The molecule has 4 atom stereocenters. The minimum absolute atomic E-state index is 0.0321. The summed E-state index contributed by atoms with van der Waals surface area (Å²) in [6.45, 7) is 0. The molecule has 0 aliphatic heterocycles. The second-order valence-electron chi connectivity index (χ2n) is 7.70. The lowest BCUT2D eigenvalue weighted by atomic mass is 9.89. The molecule has 0 aromatic heterocycles. The van der Waals surface area contributed by atoms with Gasteiger partial charge in [-0.15, -0.1) is 0 Å². The molecule has 0 fully saturated rings. The first-order valence-corrected chi connectivity index (χ1v) is 10.5. The highest BCUT2D eigenvalue weighted by Crippen LogP contribution is 2.21. The first kappa shape index (κ1) is 24.4. The molecular formula is C23H23ClFN3O5.